The number of carbonyl (C=O) groups excluding carboxylic acids is 1. The number of nitrogens with one attached hydrogen (secondary N) is 3. The first kappa shape index (κ1) is 20.4. The Labute approximate surface area is 163 Å². The summed E-state index contributed by atoms with van der Waals surface area (Å²) in [6, 6.07) is 7.50. The van der Waals surface area contributed by atoms with Crippen LogP contribution in [0.5, 0.6) is 0 Å². The molecule has 0 aliphatic carbocycles. The number of hydrogen-bond donors (Lipinski definition) is 3. The molecule has 0 atom stereocenters. The van der Waals surface area contributed by atoms with Crippen LogP contribution in [0.25, 0.3) is 0 Å². The number of guanidine groups is 1. The zero-order valence-corrected chi connectivity index (χ0v) is 17.1. The van der Waals surface area contributed by atoms with Crippen LogP contribution >= 0.6 is 35.3 Å². The zero-order valence-electron chi connectivity index (χ0n) is 13.9. The second-order valence-corrected chi connectivity index (χ2v) is 6.24. The normalized spacial score (nSPS) is 10.7. The van der Waals surface area contributed by atoms with Gasteiger partial charge in [-0.2, -0.15) is 0 Å². The van der Waals surface area contributed by atoms with E-state index in [1.165, 1.54) is 4.88 Å². The summed E-state index contributed by atoms with van der Waals surface area (Å²) in [6.45, 7) is 3.26. The van der Waals surface area contributed by atoms with E-state index in [-0.39, 0.29) is 29.9 Å². The molecule has 24 heavy (non-hydrogen) atoms. The van der Waals surface area contributed by atoms with Gasteiger partial charge in [-0.3, -0.25) is 9.79 Å². The number of hydrogen-bond acceptors (Lipinski definition) is 4. The van der Waals surface area contributed by atoms with Gasteiger partial charge >= 0.3 is 0 Å². The highest BCUT2D eigenvalue weighted by Crippen LogP contribution is 2.10. The number of thiazole rings is 1. The molecule has 130 valence electrons. The Morgan fingerprint density at radius 1 is 1.29 bits per heavy atom. The van der Waals surface area contributed by atoms with E-state index in [1.807, 2.05) is 31.3 Å². The van der Waals surface area contributed by atoms with Gasteiger partial charge in [-0.1, -0.05) is 12.1 Å². The maximum Gasteiger partial charge on any atom is 0.251 e. The molecule has 6 nitrogen and oxygen atoms in total. The fourth-order valence-corrected chi connectivity index (χ4v) is 2.74. The molecule has 0 unspecified atom stereocenters. The van der Waals surface area contributed by atoms with Crippen LogP contribution in [0.15, 0.2) is 35.5 Å². The van der Waals surface area contributed by atoms with Crippen LogP contribution in [0.2, 0.25) is 0 Å². The fourth-order valence-electron chi connectivity index (χ4n) is 2.02. The molecular formula is C16H22IN5OS. The maximum absolute atomic E-state index is 11.6. The van der Waals surface area contributed by atoms with E-state index in [1.54, 1.807) is 31.5 Å². The van der Waals surface area contributed by atoms with Crippen molar-refractivity contribution in [3.8, 4) is 0 Å². The van der Waals surface area contributed by atoms with Crippen molar-refractivity contribution in [2.45, 2.75) is 20.0 Å². The summed E-state index contributed by atoms with van der Waals surface area (Å²) >= 11 is 1.66. The van der Waals surface area contributed by atoms with Gasteiger partial charge in [-0.05, 0) is 24.6 Å². The molecule has 1 amide bonds. The van der Waals surface area contributed by atoms with Gasteiger partial charge in [0.2, 0.25) is 0 Å². The topological polar surface area (TPSA) is 78.4 Å². The lowest BCUT2D eigenvalue weighted by molar-refractivity contribution is 0.0963. The molecule has 1 heterocycles. The van der Waals surface area contributed by atoms with Crippen LogP contribution in [0.1, 0.15) is 25.8 Å². The molecule has 0 spiro atoms. The molecule has 0 radical (unpaired) electrons. The predicted molar refractivity (Wildman–Crippen MR) is 109 cm³/mol. The number of aryl methyl sites for hydroxylation is 1. The molecule has 3 N–H and O–H groups in total. The van der Waals surface area contributed by atoms with Gasteiger partial charge in [-0.25, -0.2) is 4.98 Å². The number of carbonyl (C=O) groups is 1. The van der Waals surface area contributed by atoms with Crippen molar-refractivity contribution < 1.29 is 4.79 Å². The highest BCUT2D eigenvalue weighted by atomic mass is 127. The largest absolute Gasteiger partial charge is 0.355 e. The summed E-state index contributed by atoms with van der Waals surface area (Å²) in [5.41, 5.74) is 1.66. The summed E-state index contributed by atoms with van der Waals surface area (Å²) < 4.78 is 0. The van der Waals surface area contributed by atoms with E-state index >= 15 is 0 Å². The SMILES string of the molecule is CN=C(NCc1cccc(C(=O)NC)c1)NCc1ncc(C)s1.I. The molecule has 0 saturated carbocycles. The number of nitrogens with zero attached hydrogens (tertiary/aromatic N) is 2. The van der Waals surface area contributed by atoms with Crippen LogP contribution in [-0.4, -0.2) is 30.9 Å². The number of amides is 1. The monoisotopic (exact) mass is 459 g/mol. The minimum Gasteiger partial charge on any atom is -0.355 e. The van der Waals surface area contributed by atoms with Crippen LogP contribution in [0.4, 0.5) is 0 Å². The first-order valence-electron chi connectivity index (χ1n) is 7.29. The molecule has 0 fully saturated rings. The molecule has 1 aromatic carbocycles. The van der Waals surface area contributed by atoms with Gasteiger partial charge in [0.1, 0.15) is 5.01 Å². The third-order valence-corrected chi connectivity index (χ3v) is 4.09. The van der Waals surface area contributed by atoms with Crippen molar-refractivity contribution in [3.63, 3.8) is 0 Å². The Morgan fingerprint density at radius 2 is 2.04 bits per heavy atom. The summed E-state index contributed by atoms with van der Waals surface area (Å²) in [5, 5.41) is 10.1. The lowest BCUT2D eigenvalue weighted by Crippen LogP contribution is -2.36. The molecule has 0 aliphatic rings. The molecule has 0 aliphatic heterocycles. The van der Waals surface area contributed by atoms with Crippen molar-refractivity contribution in [1.29, 1.82) is 0 Å². The molecule has 1 aromatic heterocycles. The van der Waals surface area contributed by atoms with Gasteiger partial charge in [0.15, 0.2) is 5.96 Å². The van der Waals surface area contributed by atoms with Gasteiger partial charge in [0.05, 0.1) is 6.54 Å². The first-order chi connectivity index (χ1) is 11.1. The fraction of sp³-hybridized carbons (Fsp3) is 0.312. The lowest BCUT2D eigenvalue weighted by Gasteiger charge is -2.11. The second-order valence-electron chi connectivity index (χ2n) is 4.92. The van der Waals surface area contributed by atoms with E-state index < -0.39 is 0 Å². The van der Waals surface area contributed by atoms with Crippen LogP contribution in [-0.2, 0) is 13.1 Å². The smallest absolute Gasteiger partial charge is 0.251 e. The maximum atomic E-state index is 11.6. The average molecular weight is 459 g/mol. The molecule has 0 bridgehead atoms. The summed E-state index contributed by atoms with van der Waals surface area (Å²) in [6.07, 6.45) is 1.86. The van der Waals surface area contributed by atoms with Crippen molar-refractivity contribution >= 4 is 47.2 Å². The second kappa shape index (κ2) is 10.2. The predicted octanol–water partition coefficient (Wildman–Crippen LogP) is 2.29. The average Bonchev–Trinajstić information content (AvgIpc) is 3.00. The van der Waals surface area contributed by atoms with Crippen molar-refractivity contribution in [2.75, 3.05) is 14.1 Å². The molecular weight excluding hydrogens is 437 g/mol. The van der Waals surface area contributed by atoms with Gasteiger partial charge < -0.3 is 16.0 Å². The standard InChI is InChI=1S/C16H21N5OS.HI/c1-11-8-19-14(23-11)10-21-16(18-3)20-9-12-5-4-6-13(7-12)15(22)17-2;/h4-8H,9-10H2,1-3H3,(H,17,22)(H2,18,20,21);1H. The third-order valence-electron chi connectivity index (χ3n) is 3.18. The molecule has 0 saturated heterocycles. The van der Waals surface area contributed by atoms with Crippen LogP contribution in [0.3, 0.4) is 0 Å². The van der Waals surface area contributed by atoms with E-state index in [0.717, 1.165) is 10.6 Å². The summed E-state index contributed by atoms with van der Waals surface area (Å²) in [7, 11) is 3.35. The number of aromatic nitrogens is 1. The van der Waals surface area contributed by atoms with Crippen molar-refractivity contribution in [3.05, 3.63) is 51.5 Å². The zero-order chi connectivity index (χ0) is 16.7. The van der Waals surface area contributed by atoms with Crippen molar-refractivity contribution in [1.82, 2.24) is 20.9 Å². The number of benzene rings is 1. The summed E-state index contributed by atoms with van der Waals surface area (Å²) in [5.74, 6) is 0.608. The minimum absolute atomic E-state index is 0. The van der Waals surface area contributed by atoms with Gasteiger partial charge in [-0.15, -0.1) is 35.3 Å². The first-order valence-corrected chi connectivity index (χ1v) is 8.11. The van der Waals surface area contributed by atoms with E-state index in [9.17, 15) is 4.79 Å². The number of aliphatic imine (C=N–C) groups is 1. The van der Waals surface area contributed by atoms with Gasteiger partial charge in [0, 0.05) is 37.3 Å². The number of halogens is 1. The number of rotatable bonds is 5. The Bertz CT molecular complexity index is 701. The highest BCUT2D eigenvalue weighted by Gasteiger charge is 2.05. The van der Waals surface area contributed by atoms with Gasteiger partial charge in [0.25, 0.3) is 5.91 Å². The van der Waals surface area contributed by atoms with E-state index in [2.05, 4.69) is 25.9 Å². The molecule has 8 heteroatoms. The third kappa shape index (κ3) is 6.08. The lowest BCUT2D eigenvalue weighted by atomic mass is 10.1. The van der Waals surface area contributed by atoms with E-state index in [0.29, 0.717) is 24.6 Å². The van der Waals surface area contributed by atoms with Crippen LogP contribution in [0, 0.1) is 6.92 Å². The Balaban J connectivity index is 0.00000288. The summed E-state index contributed by atoms with van der Waals surface area (Å²) in [4.78, 5) is 21.3. The highest BCUT2D eigenvalue weighted by molar-refractivity contribution is 14.0. The van der Waals surface area contributed by atoms with E-state index in [4.69, 9.17) is 0 Å². The Hall–Kier alpha value is -1.68. The quantitative estimate of drug-likeness (QED) is 0.364. The molecule has 2 aromatic rings. The van der Waals surface area contributed by atoms with Crippen molar-refractivity contribution in [2.24, 2.45) is 4.99 Å². The van der Waals surface area contributed by atoms with Crippen LogP contribution < -0.4 is 16.0 Å². The Morgan fingerprint density at radius 3 is 2.67 bits per heavy atom. The minimum atomic E-state index is -0.0894. The Kier molecular flexibility index (Phi) is 8.69. The molecule has 2 rings (SSSR count).